The Hall–Kier alpha value is -0.910. The van der Waals surface area contributed by atoms with E-state index < -0.39 is 11.9 Å². The number of primary amides is 2. The third-order valence-electron chi connectivity index (χ3n) is 0.593. The van der Waals surface area contributed by atoms with E-state index in [9.17, 15) is 9.59 Å². The Labute approximate surface area is 62.5 Å². The molecule has 0 rings (SSSR count). The average molecular weight is 163 g/mol. The molecule has 0 aliphatic rings. The fraction of sp³-hybridized carbons (Fsp3) is 0.500. The minimum absolute atomic E-state index is 0.195. The van der Waals surface area contributed by atoms with E-state index in [0.717, 1.165) is 0 Å². The summed E-state index contributed by atoms with van der Waals surface area (Å²) in [5.41, 5.74) is 9.54. The maximum Gasteiger partial charge on any atom is 0.312 e. The summed E-state index contributed by atoms with van der Waals surface area (Å²) < 4.78 is 0. The van der Waals surface area contributed by atoms with E-state index in [1.54, 1.807) is 0 Å². The molecule has 5 N–H and O–H groups in total. The number of carbonyl (C=O) groups is 2. The first-order valence-corrected chi connectivity index (χ1v) is 3.67. The van der Waals surface area contributed by atoms with Crippen molar-refractivity contribution in [3.05, 3.63) is 0 Å². The summed E-state index contributed by atoms with van der Waals surface area (Å²) >= 11 is 1.20. The van der Waals surface area contributed by atoms with Crippen LogP contribution in [-0.4, -0.2) is 23.6 Å². The highest BCUT2D eigenvalue weighted by molar-refractivity contribution is 7.99. The number of thioether (sulfide) groups is 1. The first kappa shape index (κ1) is 9.09. The largest absolute Gasteiger partial charge is 0.369 e. The van der Waals surface area contributed by atoms with E-state index in [0.29, 0.717) is 5.88 Å². The van der Waals surface area contributed by atoms with Gasteiger partial charge >= 0.3 is 6.03 Å². The van der Waals surface area contributed by atoms with Gasteiger partial charge in [-0.1, -0.05) is 0 Å². The molecule has 0 aromatic rings. The molecule has 0 aliphatic carbocycles. The van der Waals surface area contributed by atoms with E-state index >= 15 is 0 Å². The predicted molar refractivity (Wildman–Crippen MR) is 39.2 cm³/mol. The zero-order valence-electron chi connectivity index (χ0n) is 5.29. The van der Waals surface area contributed by atoms with Gasteiger partial charge in [-0.25, -0.2) is 4.79 Å². The Morgan fingerprint density at radius 3 is 2.40 bits per heavy atom. The van der Waals surface area contributed by atoms with Gasteiger partial charge in [0.05, 0.1) is 11.6 Å². The van der Waals surface area contributed by atoms with Crippen molar-refractivity contribution in [2.24, 2.45) is 11.5 Å². The van der Waals surface area contributed by atoms with Crippen molar-refractivity contribution in [2.45, 2.75) is 0 Å². The Balaban J connectivity index is 3.06. The molecule has 0 spiro atoms. The molecule has 6 heteroatoms. The molecule has 5 nitrogen and oxygen atoms in total. The van der Waals surface area contributed by atoms with Gasteiger partial charge in [-0.05, 0) is 0 Å². The summed E-state index contributed by atoms with van der Waals surface area (Å²) in [6.07, 6.45) is 0. The highest BCUT2D eigenvalue weighted by Gasteiger charge is 1.94. The normalized spacial score (nSPS) is 8.80. The molecule has 3 amide bonds. The summed E-state index contributed by atoms with van der Waals surface area (Å²) in [5.74, 6) is 0.106. The van der Waals surface area contributed by atoms with Gasteiger partial charge in [0.1, 0.15) is 0 Å². The smallest absolute Gasteiger partial charge is 0.312 e. The van der Waals surface area contributed by atoms with E-state index in [4.69, 9.17) is 11.5 Å². The number of carbonyl (C=O) groups excluding carboxylic acids is 2. The third kappa shape index (κ3) is 7.09. The number of amides is 3. The van der Waals surface area contributed by atoms with E-state index in [2.05, 4.69) is 5.32 Å². The van der Waals surface area contributed by atoms with E-state index in [-0.39, 0.29) is 5.75 Å². The first-order chi connectivity index (χ1) is 4.63. The Bertz CT molecular complexity index is 122. The van der Waals surface area contributed by atoms with Crippen LogP contribution in [0, 0.1) is 0 Å². The van der Waals surface area contributed by atoms with Crippen molar-refractivity contribution in [1.82, 2.24) is 5.32 Å². The maximum absolute atomic E-state index is 10.1. The molecule has 0 bridgehead atoms. The third-order valence-corrected chi connectivity index (χ3v) is 1.43. The summed E-state index contributed by atoms with van der Waals surface area (Å²) in [7, 11) is 0. The topological polar surface area (TPSA) is 98.2 Å². The number of rotatable bonds is 4. The highest BCUT2D eigenvalue weighted by atomic mass is 32.2. The molecule has 0 fully saturated rings. The first-order valence-electron chi connectivity index (χ1n) is 2.52. The molecular weight excluding hydrogens is 154 g/mol. The molecular formula is C4H9N3O2S. The molecule has 0 heterocycles. The quantitative estimate of drug-likeness (QED) is 0.360. The van der Waals surface area contributed by atoms with Crippen LogP contribution >= 0.6 is 11.8 Å². The van der Waals surface area contributed by atoms with Crippen LogP contribution < -0.4 is 16.8 Å². The zero-order chi connectivity index (χ0) is 7.98. The predicted octanol–water partition coefficient (Wildman–Crippen LogP) is -1.17. The average Bonchev–Trinajstić information content (AvgIpc) is 1.79. The number of nitrogens with two attached hydrogens (primary N) is 2. The highest BCUT2D eigenvalue weighted by Crippen LogP contribution is 1.93. The van der Waals surface area contributed by atoms with Gasteiger partial charge in [-0.15, -0.1) is 11.8 Å². The molecule has 0 aromatic heterocycles. The van der Waals surface area contributed by atoms with E-state index in [1.807, 2.05) is 0 Å². The van der Waals surface area contributed by atoms with Crippen molar-refractivity contribution in [3.63, 3.8) is 0 Å². The molecule has 58 valence electrons. The Morgan fingerprint density at radius 2 is 2.00 bits per heavy atom. The molecule has 0 saturated carbocycles. The monoisotopic (exact) mass is 163 g/mol. The lowest BCUT2D eigenvalue weighted by molar-refractivity contribution is -0.115. The summed E-state index contributed by atoms with van der Waals surface area (Å²) in [6, 6.07) is -0.600. The van der Waals surface area contributed by atoms with Gasteiger partial charge in [0.2, 0.25) is 5.91 Å². The van der Waals surface area contributed by atoms with Crippen molar-refractivity contribution in [2.75, 3.05) is 11.6 Å². The number of nitrogens with one attached hydrogen (secondary N) is 1. The standard InChI is InChI=1S/C4H9N3O2S/c5-3(8)1-10-2-7-4(6)9/h1-2H2,(H2,5,8)(H3,6,7,9). The maximum atomic E-state index is 10.1. The Morgan fingerprint density at radius 1 is 1.40 bits per heavy atom. The second-order valence-corrected chi connectivity index (χ2v) is 2.49. The SMILES string of the molecule is NC(=O)CSCNC(N)=O. The van der Waals surface area contributed by atoms with Crippen LogP contribution in [0.4, 0.5) is 4.79 Å². The second-order valence-electron chi connectivity index (χ2n) is 1.50. The zero-order valence-corrected chi connectivity index (χ0v) is 6.11. The van der Waals surface area contributed by atoms with Crippen molar-refractivity contribution >= 4 is 23.7 Å². The van der Waals surface area contributed by atoms with Crippen LogP contribution in [0.5, 0.6) is 0 Å². The molecule has 10 heavy (non-hydrogen) atoms. The van der Waals surface area contributed by atoms with Crippen LogP contribution in [0.3, 0.4) is 0 Å². The van der Waals surface area contributed by atoms with Gasteiger partial charge in [0, 0.05) is 0 Å². The molecule has 0 aromatic carbocycles. The number of urea groups is 1. The lowest BCUT2D eigenvalue weighted by Crippen LogP contribution is -2.29. The number of hydrogen-bond acceptors (Lipinski definition) is 3. The van der Waals surface area contributed by atoms with Crippen LogP contribution in [0.1, 0.15) is 0 Å². The summed E-state index contributed by atoms with van der Waals surface area (Å²) in [5, 5.41) is 2.29. The molecule has 0 radical (unpaired) electrons. The lowest BCUT2D eigenvalue weighted by Gasteiger charge is -1.97. The van der Waals surface area contributed by atoms with Crippen LogP contribution in [0.2, 0.25) is 0 Å². The van der Waals surface area contributed by atoms with Gasteiger partial charge < -0.3 is 16.8 Å². The molecule has 0 saturated heterocycles. The summed E-state index contributed by atoms with van der Waals surface area (Å²) in [6.45, 7) is 0. The fourth-order valence-corrected chi connectivity index (χ4v) is 0.821. The second kappa shape index (κ2) is 4.92. The lowest BCUT2D eigenvalue weighted by atomic mass is 10.8. The van der Waals surface area contributed by atoms with Gasteiger partial charge in [0.25, 0.3) is 0 Å². The van der Waals surface area contributed by atoms with Crippen LogP contribution in [-0.2, 0) is 4.79 Å². The minimum atomic E-state index is -0.600. The van der Waals surface area contributed by atoms with Gasteiger partial charge in [-0.3, -0.25) is 4.79 Å². The van der Waals surface area contributed by atoms with Crippen molar-refractivity contribution in [1.29, 1.82) is 0 Å². The molecule has 0 atom stereocenters. The fourth-order valence-electron chi connectivity index (χ4n) is 0.274. The molecule has 0 unspecified atom stereocenters. The van der Waals surface area contributed by atoms with Crippen LogP contribution in [0.15, 0.2) is 0 Å². The summed E-state index contributed by atoms with van der Waals surface area (Å²) in [4.78, 5) is 20.1. The molecule has 0 aliphatic heterocycles. The van der Waals surface area contributed by atoms with Crippen molar-refractivity contribution < 1.29 is 9.59 Å². The van der Waals surface area contributed by atoms with Crippen LogP contribution in [0.25, 0.3) is 0 Å². The number of hydrogen-bond donors (Lipinski definition) is 3. The van der Waals surface area contributed by atoms with Gasteiger partial charge in [0.15, 0.2) is 0 Å². The minimum Gasteiger partial charge on any atom is -0.369 e. The Kier molecular flexibility index (Phi) is 4.47. The van der Waals surface area contributed by atoms with Crippen molar-refractivity contribution in [3.8, 4) is 0 Å². The van der Waals surface area contributed by atoms with E-state index in [1.165, 1.54) is 11.8 Å². The van der Waals surface area contributed by atoms with Gasteiger partial charge in [-0.2, -0.15) is 0 Å².